The predicted molar refractivity (Wildman–Crippen MR) is 44.9 cm³/mol. The molecule has 0 atom stereocenters. The van der Waals surface area contributed by atoms with Gasteiger partial charge in [-0.2, -0.15) is 13.2 Å². The number of aromatic nitrogens is 1. The van der Waals surface area contributed by atoms with Gasteiger partial charge in [0.15, 0.2) is 0 Å². The summed E-state index contributed by atoms with van der Waals surface area (Å²) in [5, 5.41) is 0. The van der Waals surface area contributed by atoms with Crippen LogP contribution in [0.1, 0.15) is 5.56 Å². The van der Waals surface area contributed by atoms with E-state index in [2.05, 4.69) is 11.6 Å². The summed E-state index contributed by atoms with van der Waals surface area (Å²) in [5.41, 5.74) is -0.788. The van der Waals surface area contributed by atoms with Crippen molar-refractivity contribution in [1.29, 1.82) is 0 Å². The maximum atomic E-state index is 12.1. The van der Waals surface area contributed by atoms with Gasteiger partial charge in [-0.3, -0.25) is 0 Å². The molecule has 0 spiro atoms. The first-order chi connectivity index (χ1) is 6.54. The van der Waals surface area contributed by atoms with Crippen molar-refractivity contribution < 1.29 is 17.9 Å². The van der Waals surface area contributed by atoms with E-state index >= 15 is 0 Å². The van der Waals surface area contributed by atoms with Crippen LogP contribution in [0.15, 0.2) is 31.0 Å². The Morgan fingerprint density at radius 1 is 1.43 bits per heavy atom. The summed E-state index contributed by atoms with van der Waals surface area (Å²) in [6.07, 6.45) is -2.14. The number of ether oxygens (including phenoxy) is 1. The maximum Gasteiger partial charge on any atom is 0.417 e. The van der Waals surface area contributed by atoms with Crippen molar-refractivity contribution in [3.8, 4) is 5.88 Å². The number of pyridine rings is 1. The van der Waals surface area contributed by atoms with E-state index in [0.717, 1.165) is 12.3 Å². The summed E-state index contributed by atoms with van der Waals surface area (Å²) in [6, 6.07) is 2.09. The Kier molecular flexibility index (Phi) is 3.11. The molecule has 0 N–H and O–H groups in total. The molecule has 0 bridgehead atoms. The van der Waals surface area contributed by atoms with Crippen LogP contribution < -0.4 is 4.74 Å². The van der Waals surface area contributed by atoms with Crippen molar-refractivity contribution in [1.82, 2.24) is 4.98 Å². The molecule has 1 aromatic heterocycles. The fourth-order valence-corrected chi connectivity index (χ4v) is 0.778. The first kappa shape index (κ1) is 10.6. The van der Waals surface area contributed by atoms with Gasteiger partial charge in [-0.15, -0.1) is 0 Å². The van der Waals surface area contributed by atoms with Crippen LogP contribution in [0.5, 0.6) is 5.88 Å². The fraction of sp³-hybridized carbons (Fsp3) is 0.222. The van der Waals surface area contributed by atoms with Crippen molar-refractivity contribution in [2.75, 3.05) is 6.61 Å². The van der Waals surface area contributed by atoms with E-state index in [1.165, 1.54) is 12.1 Å². The molecule has 0 fully saturated rings. The molecule has 76 valence electrons. The Hall–Kier alpha value is -1.52. The number of halogens is 3. The van der Waals surface area contributed by atoms with E-state index in [4.69, 9.17) is 4.74 Å². The third-order valence-corrected chi connectivity index (χ3v) is 1.41. The normalized spacial score (nSPS) is 11.1. The number of hydrogen-bond acceptors (Lipinski definition) is 2. The van der Waals surface area contributed by atoms with E-state index in [1.807, 2.05) is 0 Å². The van der Waals surface area contributed by atoms with E-state index < -0.39 is 11.7 Å². The largest absolute Gasteiger partial charge is 0.473 e. The van der Waals surface area contributed by atoms with Gasteiger partial charge in [0, 0.05) is 12.3 Å². The molecule has 0 aliphatic carbocycles. The highest BCUT2D eigenvalue weighted by Gasteiger charge is 2.30. The molecule has 0 unspecified atom stereocenters. The van der Waals surface area contributed by atoms with Crippen LogP contribution in [0.3, 0.4) is 0 Å². The zero-order valence-electron chi connectivity index (χ0n) is 7.21. The molecule has 0 aliphatic rings. The lowest BCUT2D eigenvalue weighted by Crippen LogP contribution is -2.05. The average molecular weight is 203 g/mol. The van der Waals surface area contributed by atoms with Gasteiger partial charge in [-0.25, -0.2) is 4.98 Å². The molecule has 2 nitrogen and oxygen atoms in total. The van der Waals surface area contributed by atoms with Crippen LogP contribution in [-0.2, 0) is 6.18 Å². The summed E-state index contributed by atoms with van der Waals surface area (Å²) < 4.78 is 41.2. The van der Waals surface area contributed by atoms with Crippen LogP contribution in [0.2, 0.25) is 0 Å². The minimum Gasteiger partial charge on any atom is -0.473 e. The molecule has 0 radical (unpaired) electrons. The van der Waals surface area contributed by atoms with Crippen molar-refractivity contribution >= 4 is 0 Å². The van der Waals surface area contributed by atoms with Gasteiger partial charge < -0.3 is 4.74 Å². The molecule has 0 amide bonds. The van der Waals surface area contributed by atoms with Gasteiger partial charge in [0.05, 0.1) is 5.56 Å². The molecular formula is C9H8F3NO. The minimum atomic E-state index is -4.36. The second-order valence-electron chi connectivity index (χ2n) is 2.48. The molecular weight excluding hydrogens is 195 g/mol. The Balaban J connectivity index is 2.73. The van der Waals surface area contributed by atoms with E-state index in [1.54, 1.807) is 0 Å². The second kappa shape index (κ2) is 4.13. The number of hydrogen-bond donors (Lipinski definition) is 0. The lowest BCUT2D eigenvalue weighted by Gasteiger charge is -2.06. The van der Waals surface area contributed by atoms with Crippen LogP contribution >= 0.6 is 0 Å². The van der Waals surface area contributed by atoms with Gasteiger partial charge >= 0.3 is 6.18 Å². The lowest BCUT2D eigenvalue weighted by molar-refractivity contribution is -0.137. The predicted octanol–water partition coefficient (Wildman–Crippen LogP) is 2.67. The zero-order chi connectivity index (χ0) is 10.6. The third kappa shape index (κ3) is 2.76. The Morgan fingerprint density at radius 3 is 2.57 bits per heavy atom. The highest BCUT2D eigenvalue weighted by atomic mass is 19.4. The summed E-state index contributed by atoms with van der Waals surface area (Å²) >= 11 is 0. The molecule has 0 saturated carbocycles. The first-order valence-corrected chi connectivity index (χ1v) is 3.81. The molecule has 1 aromatic rings. The molecule has 0 aliphatic heterocycles. The molecule has 0 aromatic carbocycles. The average Bonchev–Trinajstić information content (AvgIpc) is 2.14. The van der Waals surface area contributed by atoms with Crippen molar-refractivity contribution in [2.45, 2.75) is 6.18 Å². The summed E-state index contributed by atoms with van der Waals surface area (Å²) in [4.78, 5) is 3.49. The number of alkyl halides is 3. The van der Waals surface area contributed by atoms with Gasteiger partial charge in [0.1, 0.15) is 6.61 Å². The third-order valence-electron chi connectivity index (χ3n) is 1.41. The molecule has 14 heavy (non-hydrogen) atoms. The molecule has 0 saturated heterocycles. The smallest absolute Gasteiger partial charge is 0.417 e. The summed E-state index contributed by atoms with van der Waals surface area (Å²) in [5.74, 6) is 0.151. The minimum absolute atomic E-state index is 0.151. The monoisotopic (exact) mass is 203 g/mol. The molecule has 1 rings (SSSR count). The first-order valence-electron chi connectivity index (χ1n) is 3.81. The number of rotatable bonds is 3. The lowest BCUT2D eigenvalue weighted by atomic mass is 10.3. The van der Waals surface area contributed by atoms with Gasteiger partial charge in [-0.1, -0.05) is 12.7 Å². The van der Waals surface area contributed by atoms with Crippen molar-refractivity contribution in [2.24, 2.45) is 0 Å². The van der Waals surface area contributed by atoms with Gasteiger partial charge in [0.2, 0.25) is 5.88 Å². The highest BCUT2D eigenvalue weighted by Crippen LogP contribution is 2.29. The summed E-state index contributed by atoms with van der Waals surface area (Å²) in [6.45, 7) is 3.62. The zero-order valence-corrected chi connectivity index (χ0v) is 7.21. The standard InChI is InChI=1S/C9H8F3NO/c1-2-5-14-8-4-3-7(6-13-8)9(10,11)12/h2-4,6H,1,5H2. The highest BCUT2D eigenvalue weighted by molar-refractivity contribution is 5.20. The van der Waals surface area contributed by atoms with Crippen LogP contribution in [0.4, 0.5) is 13.2 Å². The van der Waals surface area contributed by atoms with Crippen LogP contribution in [-0.4, -0.2) is 11.6 Å². The molecule has 1 heterocycles. The Morgan fingerprint density at radius 2 is 2.14 bits per heavy atom. The van der Waals surface area contributed by atoms with Gasteiger partial charge in [0.25, 0.3) is 0 Å². The van der Waals surface area contributed by atoms with E-state index in [-0.39, 0.29) is 12.5 Å². The van der Waals surface area contributed by atoms with Crippen LogP contribution in [0.25, 0.3) is 0 Å². The van der Waals surface area contributed by atoms with E-state index in [0.29, 0.717) is 0 Å². The maximum absolute atomic E-state index is 12.1. The Labute approximate surface area is 79.0 Å². The Bertz CT molecular complexity index is 305. The topological polar surface area (TPSA) is 22.1 Å². The van der Waals surface area contributed by atoms with Crippen molar-refractivity contribution in [3.63, 3.8) is 0 Å². The van der Waals surface area contributed by atoms with Crippen LogP contribution in [0, 0.1) is 0 Å². The second-order valence-corrected chi connectivity index (χ2v) is 2.48. The summed E-state index contributed by atoms with van der Waals surface area (Å²) in [7, 11) is 0. The fourth-order valence-electron chi connectivity index (χ4n) is 0.778. The quantitative estimate of drug-likeness (QED) is 0.704. The SMILES string of the molecule is C=CCOc1ccc(C(F)(F)F)cn1. The van der Waals surface area contributed by atoms with Crippen molar-refractivity contribution in [3.05, 3.63) is 36.5 Å². The van der Waals surface area contributed by atoms with Gasteiger partial charge in [-0.05, 0) is 6.07 Å². The number of nitrogens with zero attached hydrogens (tertiary/aromatic N) is 1. The van der Waals surface area contributed by atoms with E-state index in [9.17, 15) is 13.2 Å². The molecule has 5 heteroatoms.